The minimum atomic E-state index is -0.812. The van der Waals surface area contributed by atoms with Gasteiger partial charge in [0, 0.05) is 13.1 Å². The van der Waals surface area contributed by atoms with E-state index in [4.69, 9.17) is 5.73 Å². The van der Waals surface area contributed by atoms with Crippen LogP contribution in [0.2, 0.25) is 0 Å². The van der Waals surface area contributed by atoms with E-state index in [1.54, 1.807) is 0 Å². The number of primary amides is 1. The van der Waals surface area contributed by atoms with Crippen molar-refractivity contribution in [1.29, 1.82) is 0 Å². The molecule has 4 heteroatoms. The molecule has 1 heterocycles. The van der Waals surface area contributed by atoms with Crippen LogP contribution < -0.4 is 11.1 Å². The number of amides is 1. The van der Waals surface area contributed by atoms with Crippen LogP contribution in [0.5, 0.6) is 0 Å². The fourth-order valence-corrected chi connectivity index (χ4v) is 3.27. The Hall–Kier alpha value is -1.39. The molecule has 1 aliphatic heterocycles. The van der Waals surface area contributed by atoms with Crippen LogP contribution in [0.1, 0.15) is 25.8 Å². The Labute approximate surface area is 127 Å². The SMILES string of the molecule is CNC(CN1CCC(C(C)C)C1)(C(N)=O)c1ccccc1. The molecular formula is C17H27N3O. The number of likely N-dealkylation sites (tertiary alicyclic amines) is 1. The summed E-state index contributed by atoms with van der Waals surface area (Å²) in [4.78, 5) is 14.5. The topological polar surface area (TPSA) is 58.4 Å². The fraction of sp³-hybridized carbons (Fsp3) is 0.588. The Kier molecular flexibility index (Phi) is 5.01. The van der Waals surface area contributed by atoms with Crippen LogP contribution in [-0.4, -0.2) is 37.5 Å². The van der Waals surface area contributed by atoms with Crippen molar-refractivity contribution in [3.05, 3.63) is 35.9 Å². The summed E-state index contributed by atoms with van der Waals surface area (Å²) in [6.45, 7) is 7.25. The van der Waals surface area contributed by atoms with Crippen molar-refractivity contribution in [2.45, 2.75) is 25.8 Å². The van der Waals surface area contributed by atoms with Gasteiger partial charge in [-0.1, -0.05) is 44.2 Å². The molecule has 1 saturated heterocycles. The smallest absolute Gasteiger partial charge is 0.243 e. The number of rotatable bonds is 6. The molecule has 0 aromatic heterocycles. The van der Waals surface area contributed by atoms with E-state index in [1.165, 1.54) is 6.42 Å². The van der Waals surface area contributed by atoms with E-state index in [0.29, 0.717) is 18.4 Å². The summed E-state index contributed by atoms with van der Waals surface area (Å²) >= 11 is 0. The van der Waals surface area contributed by atoms with Gasteiger partial charge in [0.15, 0.2) is 0 Å². The molecule has 0 radical (unpaired) electrons. The summed E-state index contributed by atoms with van der Waals surface area (Å²) < 4.78 is 0. The number of carbonyl (C=O) groups excluding carboxylic acids is 1. The van der Waals surface area contributed by atoms with Crippen LogP contribution in [0.25, 0.3) is 0 Å². The van der Waals surface area contributed by atoms with Gasteiger partial charge in [-0.15, -0.1) is 0 Å². The van der Waals surface area contributed by atoms with Gasteiger partial charge in [0.25, 0.3) is 0 Å². The zero-order valence-corrected chi connectivity index (χ0v) is 13.3. The first-order valence-electron chi connectivity index (χ1n) is 7.76. The monoisotopic (exact) mass is 289 g/mol. The quantitative estimate of drug-likeness (QED) is 0.835. The highest BCUT2D eigenvalue weighted by molar-refractivity contribution is 5.86. The highest BCUT2D eigenvalue weighted by atomic mass is 16.1. The van der Waals surface area contributed by atoms with Gasteiger partial charge in [0.2, 0.25) is 5.91 Å². The van der Waals surface area contributed by atoms with Gasteiger partial charge in [-0.3, -0.25) is 4.79 Å². The Bertz CT molecular complexity index is 474. The second kappa shape index (κ2) is 6.58. The van der Waals surface area contributed by atoms with Crippen LogP contribution in [0.4, 0.5) is 0 Å². The van der Waals surface area contributed by atoms with Crippen molar-refractivity contribution in [2.75, 3.05) is 26.7 Å². The zero-order chi connectivity index (χ0) is 15.5. The first-order chi connectivity index (χ1) is 9.99. The Morgan fingerprint density at radius 3 is 2.57 bits per heavy atom. The molecule has 1 amide bonds. The van der Waals surface area contributed by atoms with E-state index in [0.717, 1.165) is 18.7 Å². The van der Waals surface area contributed by atoms with E-state index in [9.17, 15) is 4.79 Å². The molecule has 3 N–H and O–H groups in total. The molecule has 4 nitrogen and oxygen atoms in total. The van der Waals surface area contributed by atoms with Crippen LogP contribution in [-0.2, 0) is 10.3 Å². The highest BCUT2D eigenvalue weighted by Gasteiger charge is 2.40. The summed E-state index contributed by atoms with van der Waals surface area (Å²) in [6, 6.07) is 9.79. The van der Waals surface area contributed by atoms with Gasteiger partial charge in [0.1, 0.15) is 5.54 Å². The minimum absolute atomic E-state index is 0.316. The number of hydrogen-bond donors (Lipinski definition) is 2. The summed E-state index contributed by atoms with van der Waals surface area (Å²) in [6.07, 6.45) is 1.20. The third-order valence-electron chi connectivity index (χ3n) is 4.83. The number of benzene rings is 1. The first kappa shape index (κ1) is 16.0. The van der Waals surface area contributed by atoms with Gasteiger partial charge in [-0.25, -0.2) is 0 Å². The normalized spacial score (nSPS) is 22.4. The van der Waals surface area contributed by atoms with Crippen molar-refractivity contribution >= 4 is 5.91 Å². The molecule has 2 rings (SSSR count). The predicted molar refractivity (Wildman–Crippen MR) is 85.8 cm³/mol. The summed E-state index contributed by atoms with van der Waals surface area (Å²) in [5.74, 6) is 1.08. The van der Waals surface area contributed by atoms with E-state index < -0.39 is 5.54 Å². The molecule has 21 heavy (non-hydrogen) atoms. The Morgan fingerprint density at radius 2 is 2.10 bits per heavy atom. The zero-order valence-electron chi connectivity index (χ0n) is 13.3. The van der Waals surface area contributed by atoms with Crippen molar-refractivity contribution in [3.63, 3.8) is 0 Å². The third-order valence-corrected chi connectivity index (χ3v) is 4.83. The molecule has 116 valence electrons. The number of nitrogens with two attached hydrogens (primary N) is 1. The molecule has 1 aromatic rings. The Balaban J connectivity index is 2.21. The molecule has 1 aromatic carbocycles. The second-order valence-electron chi connectivity index (χ2n) is 6.41. The van der Waals surface area contributed by atoms with Crippen LogP contribution in [0, 0.1) is 11.8 Å². The molecule has 1 fully saturated rings. The van der Waals surface area contributed by atoms with Crippen LogP contribution in [0.3, 0.4) is 0 Å². The van der Waals surface area contributed by atoms with Crippen molar-refractivity contribution in [1.82, 2.24) is 10.2 Å². The minimum Gasteiger partial charge on any atom is -0.368 e. The standard InChI is InChI=1S/C17H27N3O/c1-13(2)14-9-10-20(11-14)12-17(19-3,16(18)21)15-7-5-4-6-8-15/h4-8,13-14,19H,9-12H2,1-3H3,(H2,18,21). The average Bonchev–Trinajstić information content (AvgIpc) is 2.94. The number of likely N-dealkylation sites (N-methyl/N-ethyl adjacent to an activating group) is 1. The van der Waals surface area contributed by atoms with E-state index in [1.807, 2.05) is 37.4 Å². The van der Waals surface area contributed by atoms with E-state index in [2.05, 4.69) is 24.1 Å². The number of nitrogens with zero attached hydrogens (tertiary/aromatic N) is 1. The number of carbonyl (C=O) groups is 1. The summed E-state index contributed by atoms with van der Waals surface area (Å²) in [5.41, 5.74) is 5.88. The molecule has 0 bridgehead atoms. The molecule has 0 aliphatic carbocycles. The fourth-order valence-electron chi connectivity index (χ4n) is 3.27. The third kappa shape index (κ3) is 3.27. The average molecular weight is 289 g/mol. The predicted octanol–water partition coefficient (Wildman–Crippen LogP) is 1.56. The molecule has 0 saturated carbocycles. The molecule has 2 atom stereocenters. The summed E-state index contributed by atoms with van der Waals surface area (Å²) in [7, 11) is 1.81. The lowest BCUT2D eigenvalue weighted by molar-refractivity contribution is -0.125. The number of nitrogens with one attached hydrogen (secondary N) is 1. The van der Waals surface area contributed by atoms with Gasteiger partial charge in [-0.05, 0) is 37.4 Å². The van der Waals surface area contributed by atoms with Gasteiger partial charge in [-0.2, -0.15) is 0 Å². The van der Waals surface area contributed by atoms with Crippen molar-refractivity contribution < 1.29 is 4.79 Å². The molecule has 0 spiro atoms. The maximum absolute atomic E-state index is 12.2. The molecule has 1 aliphatic rings. The first-order valence-corrected chi connectivity index (χ1v) is 7.76. The van der Waals surface area contributed by atoms with Crippen molar-refractivity contribution in [2.24, 2.45) is 17.6 Å². The van der Waals surface area contributed by atoms with Crippen LogP contribution >= 0.6 is 0 Å². The molecule has 2 unspecified atom stereocenters. The lowest BCUT2D eigenvalue weighted by atomic mass is 9.88. The van der Waals surface area contributed by atoms with E-state index in [-0.39, 0.29) is 5.91 Å². The number of hydrogen-bond acceptors (Lipinski definition) is 3. The van der Waals surface area contributed by atoms with Crippen LogP contribution in [0.15, 0.2) is 30.3 Å². The maximum Gasteiger partial charge on any atom is 0.243 e. The highest BCUT2D eigenvalue weighted by Crippen LogP contribution is 2.28. The lowest BCUT2D eigenvalue weighted by Gasteiger charge is -2.35. The second-order valence-corrected chi connectivity index (χ2v) is 6.41. The summed E-state index contributed by atoms with van der Waals surface area (Å²) in [5, 5.41) is 3.19. The van der Waals surface area contributed by atoms with Gasteiger partial charge >= 0.3 is 0 Å². The largest absolute Gasteiger partial charge is 0.368 e. The lowest BCUT2D eigenvalue weighted by Crippen LogP contribution is -2.57. The Morgan fingerprint density at radius 1 is 1.43 bits per heavy atom. The molecular weight excluding hydrogens is 262 g/mol. The van der Waals surface area contributed by atoms with Crippen molar-refractivity contribution in [3.8, 4) is 0 Å². The maximum atomic E-state index is 12.2. The van der Waals surface area contributed by atoms with E-state index >= 15 is 0 Å². The van der Waals surface area contributed by atoms with Gasteiger partial charge in [0.05, 0.1) is 0 Å². The van der Waals surface area contributed by atoms with Gasteiger partial charge < -0.3 is 16.0 Å².